The predicted molar refractivity (Wildman–Crippen MR) is 62.2 cm³/mol. The Kier molecular flexibility index (Phi) is 2.30. The van der Waals surface area contributed by atoms with Gasteiger partial charge in [0.25, 0.3) is 0 Å². The first kappa shape index (κ1) is 10.3. The number of aliphatic hydroxyl groups is 1. The van der Waals surface area contributed by atoms with Gasteiger partial charge in [0.2, 0.25) is 0 Å². The van der Waals surface area contributed by atoms with E-state index in [1.165, 1.54) is 22.3 Å². The minimum atomic E-state index is -0.553. The first-order chi connectivity index (χ1) is 7.66. The van der Waals surface area contributed by atoms with E-state index < -0.39 is 6.29 Å². The van der Waals surface area contributed by atoms with E-state index in [9.17, 15) is 5.11 Å². The van der Waals surface area contributed by atoms with Crippen LogP contribution in [0.15, 0.2) is 12.1 Å². The van der Waals surface area contributed by atoms with Crippen molar-refractivity contribution in [3.63, 3.8) is 0 Å². The van der Waals surface area contributed by atoms with E-state index in [0.29, 0.717) is 5.92 Å². The number of fused-ring (bicyclic) bond motifs is 3. The summed E-state index contributed by atoms with van der Waals surface area (Å²) in [6.45, 7) is 4.35. The van der Waals surface area contributed by atoms with Crippen molar-refractivity contribution in [3.05, 3.63) is 34.4 Å². The summed E-state index contributed by atoms with van der Waals surface area (Å²) in [6, 6.07) is 4.36. The lowest BCUT2D eigenvalue weighted by Gasteiger charge is -2.28. The number of hydrogen-bond donors (Lipinski definition) is 1. The Balaban J connectivity index is 2.07. The second-order valence-corrected chi connectivity index (χ2v) is 5.12. The van der Waals surface area contributed by atoms with Gasteiger partial charge in [0, 0.05) is 6.42 Å². The SMILES string of the molecule is Cc1ccc2c(c1C)CC[C@@H]1CC(O)O[C@H]21. The molecule has 0 amide bonds. The van der Waals surface area contributed by atoms with E-state index in [1.54, 1.807) is 0 Å². The van der Waals surface area contributed by atoms with Crippen LogP contribution in [0.25, 0.3) is 0 Å². The van der Waals surface area contributed by atoms with Gasteiger partial charge in [-0.15, -0.1) is 0 Å². The minimum absolute atomic E-state index is 0.137. The lowest BCUT2D eigenvalue weighted by atomic mass is 9.79. The highest BCUT2D eigenvalue weighted by molar-refractivity contribution is 5.43. The van der Waals surface area contributed by atoms with Gasteiger partial charge >= 0.3 is 0 Å². The minimum Gasteiger partial charge on any atom is -0.368 e. The molecule has 1 aliphatic heterocycles. The average molecular weight is 218 g/mol. The number of aryl methyl sites for hydroxylation is 1. The molecular formula is C14H18O2. The quantitative estimate of drug-likeness (QED) is 0.725. The molecular weight excluding hydrogens is 200 g/mol. The topological polar surface area (TPSA) is 29.5 Å². The maximum Gasteiger partial charge on any atom is 0.155 e. The highest BCUT2D eigenvalue weighted by atomic mass is 16.6. The van der Waals surface area contributed by atoms with Crippen LogP contribution in [0.2, 0.25) is 0 Å². The molecule has 1 unspecified atom stereocenters. The third kappa shape index (κ3) is 1.40. The first-order valence-electron chi connectivity index (χ1n) is 6.09. The largest absolute Gasteiger partial charge is 0.368 e. The molecule has 1 heterocycles. The molecule has 0 saturated carbocycles. The maximum atomic E-state index is 9.59. The lowest BCUT2D eigenvalue weighted by Crippen LogP contribution is -2.18. The fourth-order valence-corrected chi connectivity index (χ4v) is 3.14. The van der Waals surface area contributed by atoms with Gasteiger partial charge in [-0.1, -0.05) is 12.1 Å². The standard InChI is InChI=1S/C14H18O2/c1-8-3-5-12-11(9(8)2)6-4-10-7-13(15)16-14(10)12/h3,5,10,13-15H,4,6-7H2,1-2H3/t10-,13?,14+/m1/s1. The zero-order valence-electron chi connectivity index (χ0n) is 9.86. The molecule has 1 N–H and O–H groups in total. The van der Waals surface area contributed by atoms with Crippen LogP contribution in [-0.2, 0) is 11.2 Å². The molecule has 0 aromatic heterocycles. The Bertz CT molecular complexity index is 425. The second-order valence-electron chi connectivity index (χ2n) is 5.12. The van der Waals surface area contributed by atoms with Crippen LogP contribution >= 0.6 is 0 Å². The summed E-state index contributed by atoms with van der Waals surface area (Å²) in [4.78, 5) is 0. The first-order valence-corrected chi connectivity index (χ1v) is 6.09. The Hall–Kier alpha value is -0.860. The molecule has 3 atom stereocenters. The van der Waals surface area contributed by atoms with E-state index in [4.69, 9.17) is 4.74 Å². The molecule has 2 aliphatic rings. The molecule has 2 nitrogen and oxygen atoms in total. The van der Waals surface area contributed by atoms with Crippen molar-refractivity contribution < 1.29 is 9.84 Å². The van der Waals surface area contributed by atoms with Gasteiger partial charge < -0.3 is 9.84 Å². The van der Waals surface area contributed by atoms with Gasteiger partial charge in [0.05, 0.1) is 6.10 Å². The molecule has 1 fully saturated rings. The van der Waals surface area contributed by atoms with Crippen LogP contribution in [-0.4, -0.2) is 11.4 Å². The molecule has 16 heavy (non-hydrogen) atoms. The van der Waals surface area contributed by atoms with Crippen LogP contribution < -0.4 is 0 Å². The predicted octanol–water partition coefficient (Wildman–Crippen LogP) is 2.65. The normalized spacial score (nSPS) is 32.3. The van der Waals surface area contributed by atoms with Crippen molar-refractivity contribution in [1.29, 1.82) is 0 Å². The second kappa shape index (κ2) is 3.57. The number of hydrogen-bond acceptors (Lipinski definition) is 2. The fourth-order valence-electron chi connectivity index (χ4n) is 3.14. The van der Waals surface area contributed by atoms with Gasteiger partial charge in [0.1, 0.15) is 0 Å². The average Bonchev–Trinajstić information content (AvgIpc) is 2.63. The summed E-state index contributed by atoms with van der Waals surface area (Å²) >= 11 is 0. The monoisotopic (exact) mass is 218 g/mol. The van der Waals surface area contributed by atoms with Gasteiger partial charge in [-0.25, -0.2) is 0 Å². The van der Waals surface area contributed by atoms with Crippen molar-refractivity contribution in [1.82, 2.24) is 0 Å². The molecule has 2 heteroatoms. The molecule has 0 bridgehead atoms. The molecule has 1 aromatic rings. The number of benzene rings is 1. The van der Waals surface area contributed by atoms with Crippen molar-refractivity contribution in [2.45, 2.75) is 45.5 Å². The fraction of sp³-hybridized carbons (Fsp3) is 0.571. The molecule has 1 aliphatic carbocycles. The van der Waals surface area contributed by atoms with Crippen LogP contribution in [0.5, 0.6) is 0 Å². The van der Waals surface area contributed by atoms with E-state index in [-0.39, 0.29) is 6.10 Å². The Morgan fingerprint density at radius 3 is 2.94 bits per heavy atom. The summed E-state index contributed by atoms with van der Waals surface area (Å²) in [6.07, 6.45) is 2.68. The third-order valence-corrected chi connectivity index (χ3v) is 4.21. The molecule has 0 radical (unpaired) electrons. The van der Waals surface area contributed by atoms with Crippen molar-refractivity contribution >= 4 is 0 Å². The summed E-state index contributed by atoms with van der Waals surface area (Å²) in [5.74, 6) is 0.518. The smallest absolute Gasteiger partial charge is 0.155 e. The molecule has 1 saturated heterocycles. The third-order valence-electron chi connectivity index (χ3n) is 4.21. The zero-order chi connectivity index (χ0) is 11.3. The maximum absolute atomic E-state index is 9.59. The van der Waals surface area contributed by atoms with Gasteiger partial charge in [-0.2, -0.15) is 0 Å². The van der Waals surface area contributed by atoms with Crippen LogP contribution in [0, 0.1) is 19.8 Å². The van der Waals surface area contributed by atoms with Crippen molar-refractivity contribution in [2.24, 2.45) is 5.92 Å². The van der Waals surface area contributed by atoms with E-state index in [2.05, 4.69) is 26.0 Å². The molecule has 86 valence electrons. The summed E-state index contributed by atoms with van der Waals surface area (Å²) in [7, 11) is 0. The Morgan fingerprint density at radius 1 is 1.31 bits per heavy atom. The zero-order valence-corrected chi connectivity index (χ0v) is 9.86. The molecule has 0 spiro atoms. The summed E-state index contributed by atoms with van der Waals surface area (Å²) in [5, 5.41) is 9.59. The van der Waals surface area contributed by atoms with E-state index >= 15 is 0 Å². The van der Waals surface area contributed by atoms with E-state index in [0.717, 1.165) is 19.3 Å². The van der Waals surface area contributed by atoms with Crippen LogP contribution in [0.1, 0.15) is 41.2 Å². The Morgan fingerprint density at radius 2 is 2.12 bits per heavy atom. The molecule has 3 rings (SSSR count). The molecule has 1 aromatic carbocycles. The van der Waals surface area contributed by atoms with Gasteiger partial charge in [-0.3, -0.25) is 0 Å². The van der Waals surface area contributed by atoms with Gasteiger partial charge in [-0.05, 0) is 54.9 Å². The highest BCUT2D eigenvalue weighted by Crippen LogP contribution is 2.45. The summed E-state index contributed by atoms with van der Waals surface area (Å²) in [5.41, 5.74) is 5.53. The Labute approximate surface area is 96.2 Å². The lowest BCUT2D eigenvalue weighted by molar-refractivity contribution is -0.0945. The van der Waals surface area contributed by atoms with E-state index in [1.807, 2.05) is 0 Å². The summed E-state index contributed by atoms with van der Waals surface area (Å²) < 4.78 is 5.64. The number of rotatable bonds is 0. The number of ether oxygens (including phenoxy) is 1. The van der Waals surface area contributed by atoms with Gasteiger partial charge in [0.15, 0.2) is 6.29 Å². The van der Waals surface area contributed by atoms with Crippen LogP contribution in [0.3, 0.4) is 0 Å². The van der Waals surface area contributed by atoms with Crippen molar-refractivity contribution in [2.75, 3.05) is 0 Å². The number of aliphatic hydroxyl groups excluding tert-OH is 1. The highest BCUT2D eigenvalue weighted by Gasteiger charge is 2.39. The van der Waals surface area contributed by atoms with Crippen LogP contribution in [0.4, 0.5) is 0 Å². The van der Waals surface area contributed by atoms with Crippen molar-refractivity contribution in [3.8, 4) is 0 Å².